The molecule has 0 amide bonds. The number of halogens is 2. The first-order chi connectivity index (χ1) is 8.70. The highest BCUT2D eigenvalue weighted by Gasteiger charge is 2.55. The Morgan fingerprint density at radius 3 is 2.78 bits per heavy atom. The molecule has 1 aromatic carbocycles. The van der Waals surface area contributed by atoms with Crippen LogP contribution >= 0.6 is 15.9 Å². The molecule has 0 heterocycles. The zero-order valence-electron chi connectivity index (χ0n) is 10.6. The molecule has 2 aliphatic rings. The summed E-state index contributed by atoms with van der Waals surface area (Å²) in [5, 5.41) is 3.41. The van der Waals surface area contributed by atoms with Crippen LogP contribution in [0.15, 0.2) is 22.7 Å². The molecular formula is C15H19BrFN. The summed E-state index contributed by atoms with van der Waals surface area (Å²) < 4.78 is 14.8. The standard InChI is InChI=1S/C15H19BrFN/c1-18-14(15-11-3-2-4-12(11)15)8-9-7-10(16)5-6-13(9)17/h5-7,11-12,14-15,18H,2-4,8H2,1H3. The van der Waals surface area contributed by atoms with Crippen molar-refractivity contribution in [2.24, 2.45) is 17.8 Å². The molecule has 3 atom stereocenters. The summed E-state index contributed by atoms with van der Waals surface area (Å²) in [4.78, 5) is 0. The lowest BCUT2D eigenvalue weighted by atomic mass is 9.97. The third-order valence-corrected chi connectivity index (χ3v) is 5.25. The van der Waals surface area contributed by atoms with Crippen molar-refractivity contribution in [3.63, 3.8) is 0 Å². The molecule has 3 unspecified atom stereocenters. The van der Waals surface area contributed by atoms with E-state index < -0.39 is 0 Å². The van der Waals surface area contributed by atoms with Crippen molar-refractivity contribution >= 4 is 15.9 Å². The number of likely N-dealkylation sites (N-methyl/N-ethyl adjacent to an activating group) is 1. The summed E-state index contributed by atoms with van der Waals surface area (Å²) in [6, 6.07) is 5.67. The maximum atomic E-state index is 13.8. The highest BCUT2D eigenvalue weighted by atomic mass is 79.9. The molecule has 1 aromatic rings. The molecule has 0 radical (unpaired) electrons. The largest absolute Gasteiger partial charge is 0.316 e. The van der Waals surface area contributed by atoms with E-state index in [1.165, 1.54) is 19.3 Å². The molecule has 0 spiro atoms. The summed E-state index contributed by atoms with van der Waals surface area (Å²) in [7, 11) is 2.01. The van der Waals surface area contributed by atoms with E-state index in [0.717, 1.165) is 34.2 Å². The zero-order valence-corrected chi connectivity index (χ0v) is 12.2. The van der Waals surface area contributed by atoms with Crippen molar-refractivity contribution in [2.75, 3.05) is 7.05 Å². The fourth-order valence-corrected chi connectivity index (χ4v) is 4.25. The second kappa shape index (κ2) is 4.93. The van der Waals surface area contributed by atoms with Crippen molar-refractivity contribution in [3.8, 4) is 0 Å². The Morgan fingerprint density at radius 2 is 2.11 bits per heavy atom. The van der Waals surface area contributed by atoms with Gasteiger partial charge in [-0.1, -0.05) is 22.4 Å². The quantitative estimate of drug-likeness (QED) is 0.892. The summed E-state index contributed by atoms with van der Waals surface area (Å²) in [6.07, 6.45) is 4.97. The number of fused-ring (bicyclic) bond motifs is 1. The molecule has 0 bridgehead atoms. The summed E-state index contributed by atoms with van der Waals surface area (Å²) >= 11 is 3.42. The van der Waals surface area contributed by atoms with Gasteiger partial charge in [0.1, 0.15) is 5.82 Å². The highest BCUT2D eigenvalue weighted by Crippen LogP contribution is 2.59. The Labute approximate surface area is 116 Å². The topological polar surface area (TPSA) is 12.0 Å². The molecule has 2 aliphatic carbocycles. The smallest absolute Gasteiger partial charge is 0.126 e. The molecule has 1 nitrogen and oxygen atoms in total. The zero-order chi connectivity index (χ0) is 12.7. The molecule has 2 saturated carbocycles. The van der Waals surface area contributed by atoms with Crippen LogP contribution < -0.4 is 5.32 Å². The van der Waals surface area contributed by atoms with Crippen molar-refractivity contribution in [1.29, 1.82) is 0 Å². The van der Waals surface area contributed by atoms with Gasteiger partial charge in [-0.05, 0) is 67.8 Å². The maximum Gasteiger partial charge on any atom is 0.126 e. The van der Waals surface area contributed by atoms with Gasteiger partial charge in [0, 0.05) is 10.5 Å². The third kappa shape index (κ3) is 2.23. The monoisotopic (exact) mass is 311 g/mol. The number of nitrogens with one attached hydrogen (secondary N) is 1. The molecular weight excluding hydrogens is 293 g/mol. The fraction of sp³-hybridized carbons (Fsp3) is 0.600. The second-order valence-corrected chi connectivity index (χ2v) is 6.59. The molecule has 3 heteroatoms. The van der Waals surface area contributed by atoms with Gasteiger partial charge in [0.2, 0.25) is 0 Å². The van der Waals surface area contributed by atoms with Crippen LogP contribution in [0.1, 0.15) is 24.8 Å². The van der Waals surface area contributed by atoms with Crippen LogP contribution in [0.3, 0.4) is 0 Å². The van der Waals surface area contributed by atoms with Crippen molar-refractivity contribution in [1.82, 2.24) is 5.32 Å². The van der Waals surface area contributed by atoms with Gasteiger partial charge in [-0.25, -0.2) is 4.39 Å². The highest BCUT2D eigenvalue weighted by molar-refractivity contribution is 9.10. The molecule has 3 rings (SSSR count). The average molecular weight is 312 g/mol. The van der Waals surface area contributed by atoms with Gasteiger partial charge in [0.05, 0.1) is 0 Å². The molecule has 0 saturated heterocycles. The summed E-state index contributed by atoms with van der Waals surface area (Å²) in [6.45, 7) is 0. The molecule has 0 aromatic heterocycles. The summed E-state index contributed by atoms with van der Waals surface area (Å²) in [5.41, 5.74) is 0.827. The van der Waals surface area contributed by atoms with Crippen molar-refractivity contribution < 1.29 is 4.39 Å². The van der Waals surface area contributed by atoms with E-state index in [1.807, 2.05) is 13.1 Å². The predicted octanol–water partition coefficient (Wildman–Crippen LogP) is 3.76. The number of benzene rings is 1. The molecule has 18 heavy (non-hydrogen) atoms. The first kappa shape index (κ1) is 12.6. The van der Waals surface area contributed by atoms with Gasteiger partial charge in [0.25, 0.3) is 0 Å². The van der Waals surface area contributed by atoms with E-state index in [2.05, 4.69) is 21.2 Å². The fourth-order valence-electron chi connectivity index (χ4n) is 3.84. The number of rotatable bonds is 4. The molecule has 0 aliphatic heterocycles. The van der Waals surface area contributed by atoms with Gasteiger partial charge in [0.15, 0.2) is 0 Å². The minimum Gasteiger partial charge on any atom is -0.316 e. The minimum atomic E-state index is -0.0794. The Morgan fingerprint density at radius 1 is 1.39 bits per heavy atom. The Kier molecular flexibility index (Phi) is 3.46. The van der Waals surface area contributed by atoms with Crippen molar-refractivity contribution in [3.05, 3.63) is 34.1 Å². The molecule has 1 N–H and O–H groups in total. The van der Waals surface area contributed by atoms with E-state index in [9.17, 15) is 4.39 Å². The Bertz CT molecular complexity index is 438. The van der Waals surface area contributed by atoms with Gasteiger partial charge in [-0.3, -0.25) is 0 Å². The summed E-state index contributed by atoms with van der Waals surface area (Å²) in [5.74, 6) is 2.53. The van der Waals surface area contributed by atoms with E-state index in [0.29, 0.717) is 6.04 Å². The van der Waals surface area contributed by atoms with Crippen LogP contribution in [-0.4, -0.2) is 13.1 Å². The lowest BCUT2D eigenvalue weighted by molar-refractivity contribution is 0.422. The van der Waals surface area contributed by atoms with Crippen LogP contribution in [0.5, 0.6) is 0 Å². The van der Waals surface area contributed by atoms with Crippen LogP contribution in [0, 0.1) is 23.6 Å². The normalized spacial score (nSPS) is 31.2. The Balaban J connectivity index is 1.72. The van der Waals surface area contributed by atoms with Gasteiger partial charge in [-0.15, -0.1) is 0 Å². The van der Waals surface area contributed by atoms with Gasteiger partial charge < -0.3 is 5.32 Å². The lowest BCUT2D eigenvalue weighted by Crippen LogP contribution is -2.31. The minimum absolute atomic E-state index is 0.0794. The van der Waals surface area contributed by atoms with Gasteiger partial charge >= 0.3 is 0 Å². The van der Waals surface area contributed by atoms with E-state index in [-0.39, 0.29) is 5.82 Å². The van der Waals surface area contributed by atoms with Gasteiger partial charge in [-0.2, -0.15) is 0 Å². The first-order valence-corrected chi connectivity index (χ1v) is 7.61. The van der Waals surface area contributed by atoms with Crippen LogP contribution in [0.2, 0.25) is 0 Å². The van der Waals surface area contributed by atoms with Crippen LogP contribution in [-0.2, 0) is 6.42 Å². The average Bonchev–Trinajstić information content (AvgIpc) is 2.83. The maximum absolute atomic E-state index is 13.8. The number of hydrogen-bond donors (Lipinski definition) is 1. The second-order valence-electron chi connectivity index (χ2n) is 5.67. The third-order valence-electron chi connectivity index (χ3n) is 4.76. The lowest BCUT2D eigenvalue weighted by Gasteiger charge is -2.18. The van der Waals surface area contributed by atoms with E-state index >= 15 is 0 Å². The van der Waals surface area contributed by atoms with E-state index in [4.69, 9.17) is 0 Å². The van der Waals surface area contributed by atoms with Crippen LogP contribution in [0.4, 0.5) is 4.39 Å². The van der Waals surface area contributed by atoms with E-state index in [1.54, 1.807) is 12.1 Å². The SMILES string of the molecule is CNC(Cc1cc(Br)ccc1F)C1C2CCCC21. The molecule has 98 valence electrons. The Hall–Kier alpha value is -0.410. The predicted molar refractivity (Wildman–Crippen MR) is 75.0 cm³/mol. The van der Waals surface area contributed by atoms with Crippen molar-refractivity contribution in [2.45, 2.75) is 31.7 Å². The molecule has 2 fully saturated rings. The number of hydrogen-bond acceptors (Lipinski definition) is 1. The first-order valence-electron chi connectivity index (χ1n) is 6.82. The van der Waals surface area contributed by atoms with Crippen LogP contribution in [0.25, 0.3) is 0 Å².